The predicted octanol–water partition coefficient (Wildman–Crippen LogP) is 0.969. The molecule has 0 saturated carbocycles. The first-order valence-corrected chi connectivity index (χ1v) is 6.25. The maximum absolute atomic E-state index is 12.4. The van der Waals surface area contributed by atoms with Gasteiger partial charge in [-0.1, -0.05) is 5.16 Å². The van der Waals surface area contributed by atoms with Crippen molar-refractivity contribution in [1.82, 2.24) is 10.3 Å². The number of ether oxygens (including phenoxy) is 1. The van der Waals surface area contributed by atoms with Crippen molar-refractivity contribution in [3.63, 3.8) is 0 Å². The molecule has 1 amide bonds. The fraction of sp³-hybridized carbons (Fsp3) is 0.231. The molecule has 0 radical (unpaired) electrons. The monoisotopic (exact) mass is 288 g/mol. The van der Waals surface area contributed by atoms with Gasteiger partial charge in [0, 0.05) is 5.56 Å². The SMILES string of the molecule is CC(C(=O)c1ccc2c(c1)NC(=O)CO2)c1nonc1N. The molecular formula is C13H12N4O4. The lowest BCUT2D eigenvalue weighted by molar-refractivity contribution is -0.118. The first-order chi connectivity index (χ1) is 10.1. The molecule has 1 aliphatic heterocycles. The van der Waals surface area contributed by atoms with Gasteiger partial charge in [0.25, 0.3) is 5.91 Å². The lowest BCUT2D eigenvalue weighted by Crippen LogP contribution is -2.25. The minimum atomic E-state index is -0.602. The van der Waals surface area contributed by atoms with E-state index < -0.39 is 5.92 Å². The molecule has 0 aliphatic carbocycles. The zero-order valence-electron chi connectivity index (χ0n) is 11.1. The number of benzene rings is 1. The average Bonchev–Trinajstić information content (AvgIpc) is 2.91. The Bertz CT molecular complexity index is 725. The van der Waals surface area contributed by atoms with Crippen molar-refractivity contribution in [3.05, 3.63) is 29.5 Å². The third-order valence-corrected chi connectivity index (χ3v) is 3.24. The van der Waals surface area contributed by atoms with E-state index in [9.17, 15) is 9.59 Å². The Morgan fingerprint density at radius 3 is 2.95 bits per heavy atom. The molecular weight excluding hydrogens is 276 g/mol. The summed E-state index contributed by atoms with van der Waals surface area (Å²) in [6.07, 6.45) is 0. The number of hydrogen-bond acceptors (Lipinski definition) is 7. The molecule has 108 valence electrons. The van der Waals surface area contributed by atoms with Crippen LogP contribution in [0.2, 0.25) is 0 Å². The molecule has 8 nitrogen and oxygen atoms in total. The van der Waals surface area contributed by atoms with Crippen LogP contribution in [-0.2, 0) is 4.79 Å². The Morgan fingerprint density at radius 1 is 1.43 bits per heavy atom. The molecule has 0 spiro atoms. The molecule has 21 heavy (non-hydrogen) atoms. The van der Waals surface area contributed by atoms with E-state index in [0.29, 0.717) is 17.0 Å². The number of anilines is 2. The van der Waals surface area contributed by atoms with E-state index in [0.717, 1.165) is 0 Å². The van der Waals surface area contributed by atoms with Crippen LogP contribution in [0.3, 0.4) is 0 Å². The molecule has 1 atom stereocenters. The zero-order chi connectivity index (χ0) is 15.0. The minimum Gasteiger partial charge on any atom is -0.482 e. The van der Waals surface area contributed by atoms with Gasteiger partial charge in [-0.2, -0.15) is 0 Å². The van der Waals surface area contributed by atoms with E-state index in [1.54, 1.807) is 25.1 Å². The third-order valence-electron chi connectivity index (χ3n) is 3.24. The number of carbonyl (C=O) groups excluding carboxylic acids is 2. The van der Waals surface area contributed by atoms with Crippen LogP contribution < -0.4 is 15.8 Å². The van der Waals surface area contributed by atoms with Gasteiger partial charge in [0.05, 0.1) is 11.6 Å². The summed E-state index contributed by atoms with van der Waals surface area (Å²) in [6, 6.07) is 4.83. The summed E-state index contributed by atoms with van der Waals surface area (Å²) in [7, 11) is 0. The normalized spacial score (nSPS) is 14.8. The highest BCUT2D eigenvalue weighted by Crippen LogP contribution is 2.31. The van der Waals surface area contributed by atoms with Crippen molar-refractivity contribution >= 4 is 23.2 Å². The summed E-state index contributed by atoms with van der Waals surface area (Å²) < 4.78 is 9.74. The Balaban J connectivity index is 1.90. The Morgan fingerprint density at radius 2 is 2.24 bits per heavy atom. The van der Waals surface area contributed by atoms with Crippen molar-refractivity contribution < 1.29 is 19.0 Å². The van der Waals surface area contributed by atoms with Crippen LogP contribution in [0.5, 0.6) is 5.75 Å². The van der Waals surface area contributed by atoms with Gasteiger partial charge in [-0.05, 0) is 30.3 Å². The van der Waals surface area contributed by atoms with Gasteiger partial charge < -0.3 is 15.8 Å². The van der Waals surface area contributed by atoms with Crippen LogP contribution in [0.25, 0.3) is 0 Å². The van der Waals surface area contributed by atoms with Crippen LogP contribution in [-0.4, -0.2) is 28.6 Å². The second-order valence-corrected chi connectivity index (χ2v) is 4.67. The van der Waals surface area contributed by atoms with E-state index in [1.165, 1.54) is 0 Å². The van der Waals surface area contributed by atoms with Crippen molar-refractivity contribution in [1.29, 1.82) is 0 Å². The average molecular weight is 288 g/mol. The number of amides is 1. The first kappa shape index (κ1) is 13.1. The quantitative estimate of drug-likeness (QED) is 0.807. The van der Waals surface area contributed by atoms with E-state index in [-0.39, 0.29) is 29.8 Å². The zero-order valence-corrected chi connectivity index (χ0v) is 11.1. The van der Waals surface area contributed by atoms with Crippen molar-refractivity contribution in [2.24, 2.45) is 0 Å². The predicted molar refractivity (Wildman–Crippen MR) is 72.0 cm³/mol. The molecule has 1 aromatic carbocycles. The van der Waals surface area contributed by atoms with Crippen LogP contribution in [0, 0.1) is 0 Å². The molecule has 8 heteroatoms. The fourth-order valence-corrected chi connectivity index (χ4v) is 2.11. The molecule has 1 aliphatic rings. The Kier molecular flexibility index (Phi) is 3.05. The summed E-state index contributed by atoms with van der Waals surface area (Å²) in [5.41, 5.74) is 6.76. The molecule has 2 heterocycles. The smallest absolute Gasteiger partial charge is 0.262 e. The standard InChI is InChI=1S/C13H12N4O4/c1-6(11-13(14)17-21-16-11)12(19)7-2-3-9-8(4-7)15-10(18)5-20-9/h2-4,6H,5H2,1H3,(H2,14,17)(H,15,18). The van der Waals surface area contributed by atoms with Crippen molar-refractivity contribution in [3.8, 4) is 5.75 Å². The summed E-state index contributed by atoms with van der Waals surface area (Å²) in [5, 5.41) is 9.74. The second kappa shape index (κ2) is 4.89. The number of carbonyl (C=O) groups is 2. The maximum Gasteiger partial charge on any atom is 0.262 e. The fourth-order valence-electron chi connectivity index (χ4n) is 2.11. The van der Waals surface area contributed by atoms with E-state index >= 15 is 0 Å². The van der Waals surface area contributed by atoms with Gasteiger partial charge in [-0.3, -0.25) is 9.59 Å². The Labute approximate surface area is 119 Å². The van der Waals surface area contributed by atoms with Crippen molar-refractivity contribution in [2.75, 3.05) is 17.7 Å². The molecule has 2 aromatic rings. The third kappa shape index (κ3) is 2.31. The van der Waals surface area contributed by atoms with Gasteiger partial charge in [0.1, 0.15) is 11.4 Å². The molecule has 3 rings (SSSR count). The van der Waals surface area contributed by atoms with Gasteiger partial charge in [-0.25, -0.2) is 4.63 Å². The highest BCUT2D eigenvalue weighted by Gasteiger charge is 2.25. The van der Waals surface area contributed by atoms with Gasteiger partial charge in [0.15, 0.2) is 18.2 Å². The number of fused-ring (bicyclic) bond motifs is 1. The number of nitrogens with zero attached hydrogens (tertiary/aromatic N) is 2. The van der Waals surface area contributed by atoms with Gasteiger partial charge in [-0.15, -0.1) is 0 Å². The van der Waals surface area contributed by atoms with E-state index in [2.05, 4.69) is 20.3 Å². The summed E-state index contributed by atoms with van der Waals surface area (Å²) >= 11 is 0. The number of aromatic nitrogens is 2. The highest BCUT2D eigenvalue weighted by atomic mass is 16.6. The van der Waals surface area contributed by atoms with E-state index in [1.807, 2.05) is 0 Å². The Hall–Kier alpha value is -2.90. The molecule has 1 unspecified atom stereocenters. The topological polar surface area (TPSA) is 120 Å². The number of ketones is 1. The summed E-state index contributed by atoms with van der Waals surface area (Å²) in [6.45, 7) is 1.63. The molecule has 3 N–H and O–H groups in total. The molecule has 0 fully saturated rings. The summed E-state index contributed by atoms with van der Waals surface area (Å²) in [4.78, 5) is 23.7. The lowest BCUT2D eigenvalue weighted by Gasteiger charge is -2.18. The van der Waals surface area contributed by atoms with Crippen LogP contribution in [0.1, 0.15) is 28.9 Å². The number of hydrogen-bond donors (Lipinski definition) is 2. The number of nitrogens with one attached hydrogen (secondary N) is 1. The second-order valence-electron chi connectivity index (χ2n) is 4.67. The molecule has 0 bridgehead atoms. The van der Waals surface area contributed by atoms with Crippen molar-refractivity contribution in [2.45, 2.75) is 12.8 Å². The summed E-state index contributed by atoms with van der Waals surface area (Å²) in [5.74, 6) is -0.452. The number of rotatable bonds is 3. The number of nitrogen functional groups attached to an aromatic ring is 1. The highest BCUT2D eigenvalue weighted by molar-refractivity contribution is 6.03. The number of nitrogens with two attached hydrogens (primary N) is 1. The minimum absolute atomic E-state index is 0.0299. The van der Waals surface area contributed by atoms with Crippen LogP contribution in [0.15, 0.2) is 22.8 Å². The largest absolute Gasteiger partial charge is 0.482 e. The first-order valence-electron chi connectivity index (χ1n) is 6.25. The lowest BCUT2D eigenvalue weighted by atomic mass is 9.95. The maximum atomic E-state index is 12.4. The van der Waals surface area contributed by atoms with E-state index in [4.69, 9.17) is 10.5 Å². The van der Waals surface area contributed by atoms with Crippen LogP contribution >= 0.6 is 0 Å². The van der Waals surface area contributed by atoms with Crippen LogP contribution in [0.4, 0.5) is 11.5 Å². The molecule has 0 saturated heterocycles. The number of Topliss-reactive ketones (excluding diaryl/α,β-unsaturated/α-hetero) is 1. The molecule has 1 aromatic heterocycles. The van der Waals surface area contributed by atoms with Gasteiger partial charge >= 0.3 is 0 Å². The van der Waals surface area contributed by atoms with Gasteiger partial charge in [0.2, 0.25) is 0 Å².